The molecule has 0 atom stereocenters. The van der Waals surface area contributed by atoms with E-state index >= 15 is 0 Å². The number of para-hydroxylation sites is 2. The minimum absolute atomic E-state index is 0.142. The highest BCUT2D eigenvalue weighted by Gasteiger charge is 2.13. The van der Waals surface area contributed by atoms with Crippen molar-refractivity contribution < 1.29 is 9.53 Å². The number of ether oxygens (including phenoxy) is 1. The van der Waals surface area contributed by atoms with Crippen LogP contribution in [0.4, 0.5) is 0 Å². The quantitative estimate of drug-likeness (QED) is 0.380. The van der Waals surface area contributed by atoms with E-state index in [0.29, 0.717) is 6.42 Å². The lowest BCUT2D eigenvalue weighted by molar-refractivity contribution is -0.121. The number of methoxy groups -OCH3 is 1. The van der Waals surface area contributed by atoms with Gasteiger partial charge in [-0.2, -0.15) is 5.10 Å². The Balaban J connectivity index is 1.49. The molecule has 0 saturated heterocycles. The van der Waals surface area contributed by atoms with Crippen LogP contribution in [-0.4, -0.2) is 28.8 Å². The number of nitrogens with zero attached hydrogens (tertiary/aromatic N) is 3. The van der Waals surface area contributed by atoms with Gasteiger partial charge in [0.15, 0.2) is 0 Å². The molecule has 0 aliphatic rings. The fourth-order valence-corrected chi connectivity index (χ4v) is 3.26. The van der Waals surface area contributed by atoms with Gasteiger partial charge in [0.1, 0.15) is 18.1 Å². The van der Waals surface area contributed by atoms with Crippen LogP contribution in [0, 0.1) is 0 Å². The molecule has 0 radical (unpaired) electrons. The molecule has 6 nitrogen and oxygen atoms in total. The summed E-state index contributed by atoms with van der Waals surface area (Å²) < 4.78 is 7.08. The predicted octanol–water partition coefficient (Wildman–Crippen LogP) is 3.79. The van der Waals surface area contributed by atoms with E-state index in [-0.39, 0.29) is 12.5 Å². The molecule has 0 aliphatic carbocycles. The number of hydrogen-bond donors (Lipinski definition) is 1. The molecule has 4 rings (SSSR count). The van der Waals surface area contributed by atoms with Crippen LogP contribution in [0.1, 0.15) is 17.0 Å². The van der Waals surface area contributed by atoms with Crippen LogP contribution in [0.3, 0.4) is 0 Å². The Kier molecular flexibility index (Phi) is 5.85. The molecule has 1 aromatic heterocycles. The van der Waals surface area contributed by atoms with Crippen LogP contribution in [0.15, 0.2) is 84.0 Å². The third kappa shape index (κ3) is 4.55. The van der Waals surface area contributed by atoms with E-state index in [9.17, 15) is 4.79 Å². The zero-order valence-electron chi connectivity index (χ0n) is 16.7. The van der Waals surface area contributed by atoms with E-state index in [1.165, 1.54) is 0 Å². The van der Waals surface area contributed by atoms with E-state index in [1.54, 1.807) is 13.3 Å². The molecule has 0 fully saturated rings. The number of nitrogens with one attached hydrogen (secondary N) is 1. The van der Waals surface area contributed by atoms with Crippen LogP contribution >= 0.6 is 0 Å². The number of hydrogen-bond acceptors (Lipinski definition) is 4. The number of benzene rings is 3. The number of imidazole rings is 1. The van der Waals surface area contributed by atoms with E-state index < -0.39 is 0 Å². The number of aromatic nitrogens is 2. The van der Waals surface area contributed by atoms with Crippen molar-refractivity contribution in [3.63, 3.8) is 0 Å². The van der Waals surface area contributed by atoms with Gasteiger partial charge in [0.2, 0.25) is 0 Å². The third-order valence-corrected chi connectivity index (χ3v) is 4.76. The molecule has 0 bridgehead atoms. The zero-order chi connectivity index (χ0) is 20.8. The Labute approximate surface area is 174 Å². The number of hydrazone groups is 1. The summed E-state index contributed by atoms with van der Waals surface area (Å²) in [5.74, 6) is 1.41. The number of amides is 1. The summed E-state index contributed by atoms with van der Waals surface area (Å²) in [6, 6.07) is 25.4. The Hall–Kier alpha value is -3.93. The molecule has 0 spiro atoms. The molecule has 30 heavy (non-hydrogen) atoms. The Bertz CT molecular complexity index is 1170. The van der Waals surface area contributed by atoms with E-state index in [0.717, 1.165) is 33.7 Å². The van der Waals surface area contributed by atoms with E-state index in [4.69, 9.17) is 9.72 Å². The van der Waals surface area contributed by atoms with E-state index in [2.05, 4.69) is 22.7 Å². The maximum Gasteiger partial charge on any atom is 0.260 e. The molecule has 0 unspecified atom stereocenters. The molecular formula is C24H22N4O2. The number of carbonyl (C=O) groups is 1. The molecule has 6 heteroatoms. The first-order valence-corrected chi connectivity index (χ1v) is 9.67. The van der Waals surface area contributed by atoms with Crippen molar-refractivity contribution in [3.05, 3.63) is 95.8 Å². The highest BCUT2D eigenvalue weighted by Crippen LogP contribution is 2.18. The third-order valence-electron chi connectivity index (χ3n) is 4.76. The van der Waals surface area contributed by atoms with Crippen molar-refractivity contribution in [2.45, 2.75) is 13.0 Å². The Morgan fingerprint density at radius 2 is 1.77 bits per heavy atom. The highest BCUT2D eigenvalue weighted by molar-refractivity contribution is 5.84. The van der Waals surface area contributed by atoms with Gasteiger partial charge in [-0.1, -0.05) is 42.5 Å². The van der Waals surface area contributed by atoms with Crippen molar-refractivity contribution in [1.82, 2.24) is 15.0 Å². The van der Waals surface area contributed by atoms with Crippen LogP contribution in [0.2, 0.25) is 0 Å². The summed E-state index contributed by atoms with van der Waals surface area (Å²) in [6.45, 7) is 0.142. The van der Waals surface area contributed by atoms with Crippen LogP contribution < -0.4 is 10.2 Å². The van der Waals surface area contributed by atoms with Gasteiger partial charge in [-0.3, -0.25) is 4.79 Å². The summed E-state index contributed by atoms with van der Waals surface area (Å²) in [5.41, 5.74) is 6.42. The largest absolute Gasteiger partial charge is 0.497 e. The predicted molar refractivity (Wildman–Crippen MR) is 118 cm³/mol. The first-order valence-electron chi connectivity index (χ1n) is 9.67. The minimum Gasteiger partial charge on any atom is -0.497 e. The molecule has 3 aromatic carbocycles. The normalized spacial score (nSPS) is 11.1. The molecule has 4 aromatic rings. The number of fused-ring (bicyclic) bond motifs is 1. The first kappa shape index (κ1) is 19.4. The maximum absolute atomic E-state index is 12.6. The molecule has 150 valence electrons. The SMILES string of the molecule is COc1ccc(/C=N/NC(=O)Cn2c(Cc3ccccc3)nc3ccccc32)cc1. The van der Waals surface area contributed by atoms with Gasteiger partial charge in [0, 0.05) is 6.42 Å². The van der Waals surface area contributed by atoms with Gasteiger partial charge in [-0.15, -0.1) is 0 Å². The summed E-state index contributed by atoms with van der Waals surface area (Å²) >= 11 is 0. The maximum atomic E-state index is 12.6. The molecule has 1 N–H and O–H groups in total. The fraction of sp³-hybridized carbons (Fsp3) is 0.125. The summed E-state index contributed by atoms with van der Waals surface area (Å²) in [6.07, 6.45) is 2.26. The summed E-state index contributed by atoms with van der Waals surface area (Å²) in [4.78, 5) is 17.3. The molecule has 0 aliphatic heterocycles. The Morgan fingerprint density at radius 3 is 2.53 bits per heavy atom. The smallest absolute Gasteiger partial charge is 0.260 e. The second-order valence-electron chi connectivity index (χ2n) is 6.83. The van der Waals surface area contributed by atoms with Crippen molar-refractivity contribution in [1.29, 1.82) is 0 Å². The topological polar surface area (TPSA) is 68.5 Å². The van der Waals surface area contributed by atoms with Crippen molar-refractivity contribution in [2.75, 3.05) is 7.11 Å². The van der Waals surface area contributed by atoms with Gasteiger partial charge in [-0.25, -0.2) is 10.4 Å². The van der Waals surface area contributed by atoms with Crippen LogP contribution in [0.5, 0.6) is 5.75 Å². The van der Waals surface area contributed by atoms with Gasteiger partial charge in [0.05, 0.1) is 24.4 Å². The molecule has 1 heterocycles. The van der Waals surface area contributed by atoms with Crippen molar-refractivity contribution >= 4 is 23.2 Å². The first-order chi connectivity index (χ1) is 14.7. The standard InChI is InChI=1S/C24H22N4O2/c1-30-20-13-11-19(12-14-20)16-25-27-24(29)17-28-22-10-6-5-9-21(22)26-23(28)15-18-7-3-2-4-8-18/h2-14,16H,15,17H2,1H3,(H,27,29)/b25-16+. The van der Waals surface area contributed by atoms with E-state index in [1.807, 2.05) is 71.3 Å². The monoisotopic (exact) mass is 398 g/mol. The Morgan fingerprint density at radius 1 is 1.03 bits per heavy atom. The lowest BCUT2D eigenvalue weighted by Gasteiger charge is -2.08. The van der Waals surface area contributed by atoms with Crippen molar-refractivity contribution in [2.24, 2.45) is 5.10 Å². The highest BCUT2D eigenvalue weighted by atomic mass is 16.5. The average molecular weight is 398 g/mol. The van der Waals surface area contributed by atoms with Crippen molar-refractivity contribution in [3.8, 4) is 5.75 Å². The average Bonchev–Trinajstić information content (AvgIpc) is 3.12. The van der Waals surface area contributed by atoms with Gasteiger partial charge in [-0.05, 0) is 47.5 Å². The zero-order valence-corrected chi connectivity index (χ0v) is 16.7. The fourth-order valence-electron chi connectivity index (χ4n) is 3.26. The van der Waals surface area contributed by atoms with Crippen LogP contribution in [-0.2, 0) is 17.8 Å². The summed E-state index contributed by atoms with van der Waals surface area (Å²) in [7, 11) is 1.62. The lowest BCUT2D eigenvalue weighted by atomic mass is 10.1. The number of rotatable bonds is 7. The molecule has 0 saturated carbocycles. The minimum atomic E-state index is -0.211. The second-order valence-corrected chi connectivity index (χ2v) is 6.83. The van der Waals surface area contributed by atoms with Crippen LogP contribution in [0.25, 0.3) is 11.0 Å². The summed E-state index contributed by atoms with van der Waals surface area (Å²) in [5, 5.41) is 4.07. The molecule has 1 amide bonds. The van der Waals surface area contributed by atoms with Gasteiger partial charge < -0.3 is 9.30 Å². The second kappa shape index (κ2) is 9.05. The van der Waals surface area contributed by atoms with Gasteiger partial charge in [0.25, 0.3) is 5.91 Å². The van der Waals surface area contributed by atoms with Gasteiger partial charge >= 0.3 is 0 Å². The number of carbonyl (C=O) groups excluding carboxylic acids is 1. The molecular weight excluding hydrogens is 376 g/mol. The lowest BCUT2D eigenvalue weighted by Crippen LogP contribution is -2.24.